The van der Waals surface area contributed by atoms with Gasteiger partial charge in [-0.2, -0.15) is 0 Å². The number of rotatable bonds is 5. The standard InChI is InChI=1S/C29H33ClN6O/c1-18-15-36(16-19(2)37-18)17-26-34-24-13-20(27-23(30)7-6-12-31-27)8-10-22(24)28(35-26)33-21-9-11-25(32-14-21)29(3,4)5/h6-14,18-19H,15-17H2,1-5H3,(H,33,34,35). The number of nitrogens with one attached hydrogen (secondary N) is 1. The Kier molecular flexibility index (Phi) is 7.12. The molecule has 5 rings (SSSR count). The van der Waals surface area contributed by atoms with Crippen LogP contribution in [0.1, 0.15) is 46.1 Å². The lowest BCUT2D eigenvalue weighted by Gasteiger charge is -2.34. The van der Waals surface area contributed by atoms with E-state index in [-0.39, 0.29) is 17.6 Å². The summed E-state index contributed by atoms with van der Waals surface area (Å²) >= 11 is 6.45. The molecule has 0 aliphatic carbocycles. The number of halogens is 1. The smallest absolute Gasteiger partial charge is 0.145 e. The van der Waals surface area contributed by atoms with Crippen molar-refractivity contribution in [3.05, 3.63) is 71.4 Å². The van der Waals surface area contributed by atoms with Crippen LogP contribution in [0.3, 0.4) is 0 Å². The number of benzene rings is 1. The summed E-state index contributed by atoms with van der Waals surface area (Å²) in [5, 5.41) is 5.02. The quantitative estimate of drug-likeness (QED) is 0.329. The predicted octanol–water partition coefficient (Wildman–Crippen LogP) is 6.39. The number of ether oxygens (including phenoxy) is 1. The molecule has 1 aromatic carbocycles. The van der Waals surface area contributed by atoms with Gasteiger partial charge in [0.05, 0.1) is 46.9 Å². The van der Waals surface area contributed by atoms with Crippen molar-refractivity contribution in [2.24, 2.45) is 0 Å². The maximum absolute atomic E-state index is 6.45. The van der Waals surface area contributed by atoms with Crippen LogP contribution < -0.4 is 5.32 Å². The second kappa shape index (κ2) is 10.3. The van der Waals surface area contributed by atoms with E-state index in [1.54, 1.807) is 6.20 Å². The third kappa shape index (κ3) is 5.90. The van der Waals surface area contributed by atoms with Crippen LogP contribution in [-0.2, 0) is 16.7 Å². The highest BCUT2D eigenvalue weighted by molar-refractivity contribution is 6.33. The molecule has 2 atom stereocenters. The Morgan fingerprint density at radius 2 is 1.81 bits per heavy atom. The highest BCUT2D eigenvalue weighted by Crippen LogP contribution is 2.31. The number of fused-ring (bicyclic) bond motifs is 1. The first-order valence-corrected chi connectivity index (χ1v) is 13.1. The first-order chi connectivity index (χ1) is 17.7. The molecule has 4 heterocycles. The maximum Gasteiger partial charge on any atom is 0.145 e. The van der Waals surface area contributed by atoms with Crippen LogP contribution in [-0.4, -0.2) is 50.1 Å². The van der Waals surface area contributed by atoms with Crippen LogP contribution in [0.5, 0.6) is 0 Å². The van der Waals surface area contributed by atoms with E-state index in [0.29, 0.717) is 11.6 Å². The summed E-state index contributed by atoms with van der Waals surface area (Å²) < 4.78 is 5.92. The van der Waals surface area contributed by atoms with E-state index in [1.807, 2.05) is 36.5 Å². The SMILES string of the molecule is CC1CN(Cc2nc(Nc3ccc(C(C)(C)C)nc3)c3ccc(-c4ncccc4Cl)cc3n2)CC(C)O1. The third-order valence-corrected chi connectivity index (χ3v) is 6.74. The zero-order valence-electron chi connectivity index (χ0n) is 22.0. The fraction of sp³-hybridized carbons (Fsp3) is 0.379. The molecule has 1 aliphatic heterocycles. The summed E-state index contributed by atoms with van der Waals surface area (Å²) in [6, 6.07) is 13.9. The van der Waals surface area contributed by atoms with Crippen molar-refractivity contribution in [2.45, 2.75) is 58.8 Å². The minimum atomic E-state index is -0.0110. The highest BCUT2D eigenvalue weighted by atomic mass is 35.5. The van der Waals surface area contributed by atoms with Crippen LogP contribution in [0, 0.1) is 0 Å². The fourth-order valence-electron chi connectivity index (χ4n) is 4.75. The van der Waals surface area contributed by atoms with Gasteiger partial charge in [0.25, 0.3) is 0 Å². The van der Waals surface area contributed by atoms with Crippen LogP contribution in [0.2, 0.25) is 5.02 Å². The zero-order valence-corrected chi connectivity index (χ0v) is 22.8. The van der Waals surface area contributed by atoms with E-state index in [0.717, 1.165) is 58.3 Å². The largest absolute Gasteiger partial charge is 0.373 e. The molecule has 7 nitrogen and oxygen atoms in total. The van der Waals surface area contributed by atoms with Gasteiger partial charge in [-0.05, 0) is 50.2 Å². The average molecular weight is 517 g/mol. The molecule has 1 N–H and O–H groups in total. The van der Waals surface area contributed by atoms with Gasteiger partial charge in [0.1, 0.15) is 11.6 Å². The molecule has 0 saturated carbocycles. The summed E-state index contributed by atoms with van der Waals surface area (Å²) in [4.78, 5) is 21.4. The Balaban J connectivity index is 1.54. The molecule has 8 heteroatoms. The lowest BCUT2D eigenvalue weighted by atomic mass is 9.92. The normalized spacial score (nSPS) is 18.8. The number of aromatic nitrogens is 4. The van der Waals surface area contributed by atoms with Gasteiger partial charge in [0.2, 0.25) is 0 Å². The van der Waals surface area contributed by atoms with Crippen LogP contribution in [0.4, 0.5) is 11.5 Å². The van der Waals surface area contributed by atoms with E-state index < -0.39 is 0 Å². The number of morpholine rings is 1. The number of hydrogen-bond donors (Lipinski definition) is 1. The molecule has 0 bridgehead atoms. The minimum absolute atomic E-state index is 0.0110. The number of pyridine rings is 2. The van der Waals surface area contributed by atoms with Crippen molar-refractivity contribution >= 4 is 34.0 Å². The van der Waals surface area contributed by atoms with Crippen molar-refractivity contribution in [3.8, 4) is 11.3 Å². The highest BCUT2D eigenvalue weighted by Gasteiger charge is 2.23. The molecule has 2 unspecified atom stereocenters. The fourth-order valence-corrected chi connectivity index (χ4v) is 4.98. The van der Waals surface area contributed by atoms with E-state index in [9.17, 15) is 0 Å². The summed E-state index contributed by atoms with van der Waals surface area (Å²) in [7, 11) is 0. The molecule has 1 fully saturated rings. The van der Waals surface area contributed by atoms with E-state index in [1.165, 1.54) is 0 Å². The van der Waals surface area contributed by atoms with Gasteiger partial charge >= 0.3 is 0 Å². The van der Waals surface area contributed by atoms with Gasteiger partial charge in [0, 0.05) is 41.3 Å². The molecule has 0 amide bonds. The van der Waals surface area contributed by atoms with Crippen LogP contribution in [0.25, 0.3) is 22.2 Å². The second-order valence-corrected chi connectivity index (χ2v) is 11.2. The van der Waals surface area contributed by atoms with Gasteiger partial charge in [0.15, 0.2) is 0 Å². The Labute approximate surface area is 223 Å². The summed E-state index contributed by atoms with van der Waals surface area (Å²) in [5.41, 5.74) is 4.39. The Morgan fingerprint density at radius 3 is 2.49 bits per heavy atom. The molecule has 37 heavy (non-hydrogen) atoms. The van der Waals surface area contributed by atoms with Crippen molar-refractivity contribution in [3.63, 3.8) is 0 Å². The summed E-state index contributed by atoms with van der Waals surface area (Å²) in [6.45, 7) is 13.0. The maximum atomic E-state index is 6.45. The van der Waals surface area contributed by atoms with Crippen molar-refractivity contribution in [1.82, 2.24) is 24.8 Å². The van der Waals surface area contributed by atoms with Crippen molar-refractivity contribution < 1.29 is 4.74 Å². The van der Waals surface area contributed by atoms with E-state index in [4.69, 9.17) is 26.3 Å². The third-order valence-electron chi connectivity index (χ3n) is 6.43. The van der Waals surface area contributed by atoms with Crippen molar-refractivity contribution in [1.29, 1.82) is 0 Å². The molecular weight excluding hydrogens is 484 g/mol. The zero-order chi connectivity index (χ0) is 26.2. The number of nitrogens with zero attached hydrogens (tertiary/aromatic N) is 5. The van der Waals surface area contributed by atoms with Gasteiger partial charge in [-0.3, -0.25) is 14.9 Å². The molecule has 4 aromatic rings. The number of anilines is 2. The van der Waals surface area contributed by atoms with Crippen molar-refractivity contribution in [2.75, 3.05) is 18.4 Å². The molecular formula is C29H33ClN6O. The first-order valence-electron chi connectivity index (χ1n) is 12.7. The lowest BCUT2D eigenvalue weighted by Crippen LogP contribution is -2.45. The topological polar surface area (TPSA) is 76.1 Å². The van der Waals surface area contributed by atoms with E-state index >= 15 is 0 Å². The summed E-state index contributed by atoms with van der Waals surface area (Å²) in [6.07, 6.45) is 3.96. The lowest BCUT2D eigenvalue weighted by molar-refractivity contribution is -0.0710. The van der Waals surface area contributed by atoms with Gasteiger partial charge in [-0.25, -0.2) is 9.97 Å². The van der Waals surface area contributed by atoms with Crippen LogP contribution >= 0.6 is 11.6 Å². The molecule has 0 spiro atoms. The first kappa shape index (κ1) is 25.5. The van der Waals surface area contributed by atoms with Gasteiger partial charge in [-0.15, -0.1) is 0 Å². The minimum Gasteiger partial charge on any atom is -0.373 e. The Morgan fingerprint density at radius 1 is 1.03 bits per heavy atom. The molecule has 1 aliphatic rings. The monoisotopic (exact) mass is 516 g/mol. The van der Waals surface area contributed by atoms with Crippen LogP contribution in [0.15, 0.2) is 54.9 Å². The molecule has 1 saturated heterocycles. The molecule has 192 valence electrons. The Hall–Kier alpha value is -3.13. The Bertz CT molecular complexity index is 1390. The molecule has 0 radical (unpaired) electrons. The second-order valence-electron chi connectivity index (χ2n) is 10.8. The molecule has 3 aromatic heterocycles. The predicted molar refractivity (Wildman–Crippen MR) is 149 cm³/mol. The van der Waals surface area contributed by atoms with E-state index in [2.05, 4.69) is 66.9 Å². The average Bonchev–Trinajstić information content (AvgIpc) is 2.83. The van der Waals surface area contributed by atoms with Gasteiger partial charge < -0.3 is 10.1 Å². The van der Waals surface area contributed by atoms with Gasteiger partial charge in [-0.1, -0.05) is 38.4 Å². The summed E-state index contributed by atoms with van der Waals surface area (Å²) in [5.74, 6) is 1.50. The number of hydrogen-bond acceptors (Lipinski definition) is 7.